The first kappa shape index (κ1) is 8.86. The molecule has 0 saturated heterocycles. The minimum atomic E-state index is -4.66. The van der Waals surface area contributed by atoms with Crippen LogP contribution in [-0.2, 0) is 15.0 Å². The molecule has 0 fully saturated rings. The molecule has 5 heteroatoms. The molecule has 1 radical (unpaired) electrons. The zero-order valence-corrected chi connectivity index (χ0v) is 6.64. The topological polar surface area (TPSA) is 51.2 Å². The Kier molecular flexibility index (Phi) is 2.23. The standard InChI is InChI=1S/C7H4FO3S/c8-12(10,11)7-3-1-6(5-9)2-4-7/h1-4H. The van der Waals surface area contributed by atoms with Crippen molar-refractivity contribution in [2.24, 2.45) is 0 Å². The molecule has 0 amide bonds. The Morgan fingerprint density at radius 2 is 1.67 bits per heavy atom. The summed E-state index contributed by atoms with van der Waals surface area (Å²) < 4.78 is 32.8. The lowest BCUT2D eigenvalue weighted by Crippen LogP contribution is -1.91. The van der Waals surface area contributed by atoms with Gasteiger partial charge in [0.2, 0.25) is 6.29 Å². The maximum Gasteiger partial charge on any atom is 0.332 e. The van der Waals surface area contributed by atoms with Gasteiger partial charge in [0.05, 0.1) is 4.90 Å². The zero-order valence-electron chi connectivity index (χ0n) is 5.82. The van der Waals surface area contributed by atoms with Crippen LogP contribution in [0, 0.1) is 0 Å². The van der Waals surface area contributed by atoms with Gasteiger partial charge in [-0.2, -0.15) is 8.42 Å². The Morgan fingerprint density at radius 3 is 2.00 bits per heavy atom. The summed E-state index contributed by atoms with van der Waals surface area (Å²) in [6, 6.07) is 4.38. The summed E-state index contributed by atoms with van der Waals surface area (Å²) >= 11 is 0. The molecule has 0 bridgehead atoms. The molecular formula is C7H4FO3S. The van der Waals surface area contributed by atoms with Gasteiger partial charge in [0, 0.05) is 5.56 Å². The predicted octanol–water partition coefficient (Wildman–Crippen LogP) is 0.803. The first-order chi connectivity index (χ1) is 5.54. The highest BCUT2D eigenvalue weighted by molar-refractivity contribution is 7.86. The third-order valence-corrected chi connectivity index (χ3v) is 2.09. The fraction of sp³-hybridized carbons (Fsp3) is 0. The summed E-state index contributed by atoms with van der Waals surface area (Å²) in [5.74, 6) is 0. The van der Waals surface area contributed by atoms with Gasteiger partial charge in [-0.15, -0.1) is 3.89 Å². The number of hydrogen-bond donors (Lipinski definition) is 0. The average molecular weight is 187 g/mol. The second-order valence-corrected chi connectivity index (χ2v) is 3.41. The third-order valence-electron chi connectivity index (χ3n) is 1.25. The Morgan fingerprint density at radius 1 is 1.17 bits per heavy atom. The summed E-state index contributed by atoms with van der Waals surface area (Å²) in [6.45, 7) is 0. The highest BCUT2D eigenvalue weighted by atomic mass is 32.3. The quantitative estimate of drug-likeness (QED) is 0.643. The molecule has 0 atom stereocenters. The van der Waals surface area contributed by atoms with Crippen LogP contribution >= 0.6 is 0 Å². The van der Waals surface area contributed by atoms with Crippen LogP contribution in [0.3, 0.4) is 0 Å². The minimum absolute atomic E-state index is 0.183. The first-order valence-corrected chi connectivity index (χ1v) is 4.35. The number of carbonyl (C=O) groups excluding carboxylic acids is 1. The van der Waals surface area contributed by atoms with Gasteiger partial charge < -0.3 is 0 Å². The van der Waals surface area contributed by atoms with Gasteiger partial charge in [-0.3, -0.25) is 4.79 Å². The summed E-state index contributed by atoms with van der Waals surface area (Å²) in [6.07, 6.45) is 1.54. The molecule has 1 rings (SSSR count). The highest BCUT2D eigenvalue weighted by Gasteiger charge is 2.10. The maximum atomic E-state index is 12.2. The highest BCUT2D eigenvalue weighted by Crippen LogP contribution is 2.11. The van der Waals surface area contributed by atoms with E-state index in [9.17, 15) is 17.1 Å². The third kappa shape index (κ3) is 1.88. The number of halogens is 1. The lowest BCUT2D eigenvalue weighted by atomic mass is 10.2. The molecule has 0 saturated carbocycles. The second kappa shape index (κ2) is 3.02. The molecule has 1 aromatic carbocycles. The van der Waals surface area contributed by atoms with E-state index in [0.717, 1.165) is 12.1 Å². The normalized spacial score (nSPS) is 11.1. The largest absolute Gasteiger partial charge is 0.332 e. The van der Waals surface area contributed by atoms with Crippen LogP contribution in [0.4, 0.5) is 3.89 Å². The van der Waals surface area contributed by atoms with Crippen molar-refractivity contribution >= 4 is 16.5 Å². The molecule has 0 aliphatic carbocycles. The van der Waals surface area contributed by atoms with E-state index in [1.54, 1.807) is 0 Å². The molecule has 0 heterocycles. The van der Waals surface area contributed by atoms with Gasteiger partial charge in [-0.05, 0) is 24.3 Å². The fourth-order valence-electron chi connectivity index (χ4n) is 0.686. The van der Waals surface area contributed by atoms with Crippen LogP contribution < -0.4 is 0 Å². The van der Waals surface area contributed by atoms with Crippen molar-refractivity contribution in [1.29, 1.82) is 0 Å². The number of hydrogen-bond acceptors (Lipinski definition) is 3. The van der Waals surface area contributed by atoms with Crippen molar-refractivity contribution < 1.29 is 17.1 Å². The molecule has 0 aliphatic rings. The molecule has 3 nitrogen and oxygen atoms in total. The monoisotopic (exact) mass is 187 g/mol. The van der Waals surface area contributed by atoms with Gasteiger partial charge in [-0.25, -0.2) is 0 Å². The fourth-order valence-corrected chi connectivity index (χ4v) is 1.15. The van der Waals surface area contributed by atoms with Gasteiger partial charge >= 0.3 is 10.2 Å². The Labute approximate surface area is 69.0 Å². The molecule has 1 aromatic rings. The maximum absolute atomic E-state index is 12.2. The first-order valence-electron chi connectivity index (χ1n) is 2.97. The molecule has 0 aliphatic heterocycles. The van der Waals surface area contributed by atoms with E-state index < -0.39 is 15.1 Å². The SMILES string of the molecule is O=[C]c1ccc(S(=O)(=O)F)cc1. The summed E-state index contributed by atoms with van der Waals surface area (Å²) in [5.41, 5.74) is 0.183. The smallest absolute Gasteiger partial charge is 0.285 e. The summed E-state index contributed by atoms with van der Waals surface area (Å²) in [4.78, 5) is 9.54. The van der Waals surface area contributed by atoms with Gasteiger partial charge in [0.25, 0.3) is 0 Å². The van der Waals surface area contributed by atoms with Crippen LogP contribution in [0.2, 0.25) is 0 Å². The van der Waals surface area contributed by atoms with Crippen molar-refractivity contribution in [2.75, 3.05) is 0 Å². The lowest BCUT2D eigenvalue weighted by molar-refractivity contribution is 0.551. The summed E-state index contributed by atoms with van der Waals surface area (Å²) in [7, 11) is -4.66. The molecule has 12 heavy (non-hydrogen) atoms. The summed E-state index contributed by atoms with van der Waals surface area (Å²) in [5, 5.41) is 0. The Bertz CT molecular complexity index is 380. The lowest BCUT2D eigenvalue weighted by Gasteiger charge is -1.92. The van der Waals surface area contributed by atoms with Crippen LogP contribution in [0.15, 0.2) is 29.2 Å². The van der Waals surface area contributed by atoms with Crippen LogP contribution in [0.5, 0.6) is 0 Å². The zero-order chi connectivity index (χ0) is 9.19. The molecule has 0 aromatic heterocycles. The van der Waals surface area contributed by atoms with E-state index >= 15 is 0 Å². The van der Waals surface area contributed by atoms with E-state index in [1.165, 1.54) is 18.4 Å². The average Bonchev–Trinajstić information content (AvgIpc) is 2.03. The van der Waals surface area contributed by atoms with Gasteiger partial charge in [0.15, 0.2) is 0 Å². The van der Waals surface area contributed by atoms with Crippen molar-refractivity contribution in [3.8, 4) is 0 Å². The van der Waals surface area contributed by atoms with Crippen molar-refractivity contribution in [2.45, 2.75) is 4.90 Å². The molecule has 0 N–H and O–H groups in total. The van der Waals surface area contributed by atoms with Crippen molar-refractivity contribution in [1.82, 2.24) is 0 Å². The number of rotatable bonds is 2. The molecular weight excluding hydrogens is 183 g/mol. The molecule has 0 spiro atoms. The van der Waals surface area contributed by atoms with E-state index in [2.05, 4.69) is 0 Å². The van der Waals surface area contributed by atoms with Gasteiger partial charge in [-0.1, -0.05) is 0 Å². The van der Waals surface area contributed by atoms with Crippen molar-refractivity contribution in [3.05, 3.63) is 29.8 Å². The van der Waals surface area contributed by atoms with Crippen LogP contribution in [0.25, 0.3) is 0 Å². The van der Waals surface area contributed by atoms with E-state index in [1.807, 2.05) is 0 Å². The Hall–Kier alpha value is -1.23. The second-order valence-electron chi connectivity index (χ2n) is 2.06. The van der Waals surface area contributed by atoms with E-state index in [-0.39, 0.29) is 5.56 Å². The van der Waals surface area contributed by atoms with Crippen LogP contribution in [0.1, 0.15) is 5.56 Å². The van der Waals surface area contributed by atoms with Crippen molar-refractivity contribution in [3.63, 3.8) is 0 Å². The Balaban J connectivity index is 3.17. The minimum Gasteiger partial charge on any atom is -0.285 e. The molecule has 0 unspecified atom stereocenters. The van der Waals surface area contributed by atoms with E-state index in [0.29, 0.717) is 0 Å². The predicted molar refractivity (Wildman–Crippen MR) is 39.5 cm³/mol. The van der Waals surface area contributed by atoms with E-state index in [4.69, 9.17) is 0 Å². The number of benzene rings is 1. The van der Waals surface area contributed by atoms with Gasteiger partial charge in [0.1, 0.15) is 0 Å². The van der Waals surface area contributed by atoms with Crippen LogP contribution in [-0.4, -0.2) is 14.7 Å². The molecule has 63 valence electrons.